The van der Waals surface area contributed by atoms with Crippen LogP contribution in [0.4, 0.5) is 0 Å². The highest BCUT2D eigenvalue weighted by Crippen LogP contribution is 2.31. The topological polar surface area (TPSA) is 71.3 Å². The van der Waals surface area contributed by atoms with Gasteiger partial charge >= 0.3 is 0 Å². The maximum Gasteiger partial charge on any atom is 0.264 e. The summed E-state index contributed by atoms with van der Waals surface area (Å²) in [6.07, 6.45) is 0.804. The molecule has 4 rings (SSSR count). The largest absolute Gasteiger partial charge is 0.328 e. The number of hydrogen-bond acceptors (Lipinski definition) is 6. The smallest absolute Gasteiger partial charge is 0.264 e. The summed E-state index contributed by atoms with van der Waals surface area (Å²) in [5.41, 5.74) is 3.32. The Balaban J connectivity index is 1.89. The molecule has 2 heterocycles. The van der Waals surface area contributed by atoms with Gasteiger partial charge in [-0.3, -0.25) is 14.2 Å². The molecular formula is C30H37N5O2S. The first-order valence-corrected chi connectivity index (χ1v) is 13.9. The average Bonchev–Trinajstić information content (AvgIpc) is 3.26. The van der Waals surface area contributed by atoms with E-state index in [0.717, 1.165) is 24.1 Å². The van der Waals surface area contributed by atoms with Gasteiger partial charge in [0.2, 0.25) is 0 Å². The summed E-state index contributed by atoms with van der Waals surface area (Å²) in [6.45, 7) is 9.82. The van der Waals surface area contributed by atoms with Gasteiger partial charge in [0.1, 0.15) is 5.82 Å². The molecule has 0 spiro atoms. The summed E-state index contributed by atoms with van der Waals surface area (Å²) >= 11 is 1.24. The monoisotopic (exact) mass is 531 g/mol. The van der Waals surface area contributed by atoms with Crippen molar-refractivity contribution in [1.82, 2.24) is 23.7 Å². The van der Waals surface area contributed by atoms with Gasteiger partial charge in [-0.2, -0.15) is 4.37 Å². The molecule has 0 saturated carbocycles. The first-order valence-electron chi connectivity index (χ1n) is 13.1. The molecular weight excluding hydrogens is 494 g/mol. The van der Waals surface area contributed by atoms with Crippen molar-refractivity contribution in [2.75, 3.05) is 27.2 Å². The first-order chi connectivity index (χ1) is 18.2. The van der Waals surface area contributed by atoms with Gasteiger partial charge in [-0.15, -0.1) is 0 Å². The molecule has 2 aromatic carbocycles. The maximum atomic E-state index is 14.1. The third-order valence-electron chi connectivity index (χ3n) is 6.78. The molecule has 0 aliphatic heterocycles. The van der Waals surface area contributed by atoms with Crippen LogP contribution in [0.15, 0.2) is 59.4 Å². The molecule has 0 unspecified atom stereocenters. The van der Waals surface area contributed by atoms with E-state index in [2.05, 4.69) is 23.1 Å². The Bertz CT molecular complexity index is 1440. The molecule has 0 saturated heterocycles. The minimum absolute atomic E-state index is 0.0177. The van der Waals surface area contributed by atoms with Crippen molar-refractivity contribution in [3.05, 3.63) is 93.2 Å². The number of nitrogens with zero attached hydrogens (tertiary/aromatic N) is 5. The predicted molar refractivity (Wildman–Crippen MR) is 155 cm³/mol. The number of carbonyl (C=O) groups is 1. The number of aryl methyl sites for hydroxylation is 2. The van der Waals surface area contributed by atoms with Gasteiger partial charge in [0.25, 0.3) is 11.5 Å². The maximum absolute atomic E-state index is 14.1. The zero-order valence-electron chi connectivity index (χ0n) is 23.1. The zero-order valence-corrected chi connectivity index (χ0v) is 24.0. The van der Waals surface area contributed by atoms with E-state index in [1.54, 1.807) is 4.57 Å². The summed E-state index contributed by atoms with van der Waals surface area (Å²) in [5.74, 6) is 0.572. The van der Waals surface area contributed by atoms with E-state index in [4.69, 9.17) is 4.98 Å². The molecule has 8 heteroatoms. The van der Waals surface area contributed by atoms with E-state index in [0.29, 0.717) is 40.4 Å². The summed E-state index contributed by atoms with van der Waals surface area (Å²) in [6, 6.07) is 17.2. The Morgan fingerprint density at radius 3 is 2.32 bits per heavy atom. The highest BCUT2D eigenvalue weighted by molar-refractivity contribution is 7.12. The number of fused-ring (bicyclic) bond motifs is 1. The van der Waals surface area contributed by atoms with E-state index >= 15 is 0 Å². The van der Waals surface area contributed by atoms with E-state index in [1.807, 2.05) is 87.4 Å². The van der Waals surface area contributed by atoms with Crippen LogP contribution in [0.1, 0.15) is 59.3 Å². The quantitative estimate of drug-likeness (QED) is 0.277. The van der Waals surface area contributed by atoms with Crippen molar-refractivity contribution in [1.29, 1.82) is 0 Å². The van der Waals surface area contributed by atoms with Crippen LogP contribution < -0.4 is 5.56 Å². The molecule has 38 heavy (non-hydrogen) atoms. The van der Waals surface area contributed by atoms with Crippen LogP contribution in [0.3, 0.4) is 0 Å². The number of rotatable bonds is 10. The second-order valence-corrected chi connectivity index (χ2v) is 11.3. The lowest BCUT2D eigenvalue weighted by Crippen LogP contribution is -2.42. The second-order valence-electron chi connectivity index (χ2n) is 10.5. The Morgan fingerprint density at radius 1 is 1.00 bits per heavy atom. The fourth-order valence-corrected chi connectivity index (χ4v) is 5.59. The van der Waals surface area contributed by atoms with Crippen LogP contribution >= 0.6 is 11.5 Å². The predicted octanol–water partition coefficient (Wildman–Crippen LogP) is 5.31. The Morgan fingerprint density at radius 2 is 1.68 bits per heavy atom. The van der Waals surface area contributed by atoms with E-state index in [9.17, 15) is 9.59 Å². The summed E-state index contributed by atoms with van der Waals surface area (Å²) in [4.78, 5) is 37.7. The van der Waals surface area contributed by atoms with Crippen LogP contribution in [0.5, 0.6) is 0 Å². The molecule has 0 bridgehead atoms. The molecule has 0 radical (unpaired) electrons. The van der Waals surface area contributed by atoms with Crippen molar-refractivity contribution in [3.63, 3.8) is 0 Å². The van der Waals surface area contributed by atoms with Crippen molar-refractivity contribution in [2.24, 2.45) is 5.92 Å². The number of hydrogen-bond donors (Lipinski definition) is 0. The van der Waals surface area contributed by atoms with Gasteiger partial charge in [-0.1, -0.05) is 61.9 Å². The van der Waals surface area contributed by atoms with Gasteiger partial charge in [-0.05, 0) is 76.1 Å². The fraction of sp³-hybridized carbons (Fsp3) is 0.400. The van der Waals surface area contributed by atoms with Gasteiger partial charge in [0.15, 0.2) is 4.83 Å². The molecule has 7 nitrogen and oxygen atoms in total. The Hall–Kier alpha value is -3.36. The standard InChI is InChI=1S/C30H37N5O2S/c1-20(2)26(34(18-10-17-33(5)6)29(36)24-15-13-21(3)14-16-24)27-31-28-25(22(4)32-38-28)30(37)35(27)19-23-11-8-7-9-12-23/h7-9,11-16,20,26H,10,17-19H2,1-6H3/t26-/m0/s1. The molecule has 0 fully saturated rings. The van der Waals surface area contributed by atoms with Crippen LogP contribution in [-0.4, -0.2) is 56.8 Å². The summed E-state index contributed by atoms with van der Waals surface area (Å²) < 4.78 is 6.19. The van der Waals surface area contributed by atoms with E-state index < -0.39 is 6.04 Å². The van der Waals surface area contributed by atoms with Crippen molar-refractivity contribution in [2.45, 2.75) is 46.7 Å². The lowest BCUT2D eigenvalue weighted by molar-refractivity contribution is 0.0595. The fourth-order valence-electron chi connectivity index (χ4n) is 4.81. The third kappa shape index (κ3) is 6.03. The van der Waals surface area contributed by atoms with Crippen molar-refractivity contribution < 1.29 is 4.79 Å². The molecule has 1 atom stereocenters. The molecule has 2 aromatic heterocycles. The van der Waals surface area contributed by atoms with Gasteiger partial charge in [-0.25, -0.2) is 4.98 Å². The number of carbonyl (C=O) groups excluding carboxylic acids is 1. The molecule has 1 amide bonds. The third-order valence-corrected chi connectivity index (χ3v) is 7.61. The van der Waals surface area contributed by atoms with Gasteiger partial charge in [0.05, 0.1) is 23.7 Å². The van der Waals surface area contributed by atoms with Crippen molar-refractivity contribution >= 4 is 27.7 Å². The van der Waals surface area contributed by atoms with Crippen LogP contribution in [-0.2, 0) is 6.54 Å². The highest BCUT2D eigenvalue weighted by Gasteiger charge is 2.33. The van der Waals surface area contributed by atoms with Gasteiger partial charge < -0.3 is 9.80 Å². The highest BCUT2D eigenvalue weighted by atomic mass is 32.1. The Labute approximate surface area is 228 Å². The molecule has 0 aliphatic rings. The number of aromatic nitrogens is 3. The average molecular weight is 532 g/mol. The number of benzene rings is 2. The molecule has 4 aromatic rings. The van der Waals surface area contributed by atoms with Crippen molar-refractivity contribution in [3.8, 4) is 0 Å². The van der Waals surface area contributed by atoms with Crippen LogP contribution in [0.25, 0.3) is 10.2 Å². The molecule has 0 N–H and O–H groups in total. The normalized spacial score (nSPS) is 12.4. The lowest BCUT2D eigenvalue weighted by atomic mass is 9.98. The van der Waals surface area contributed by atoms with Crippen LogP contribution in [0.2, 0.25) is 0 Å². The van der Waals surface area contributed by atoms with Crippen LogP contribution in [0, 0.1) is 19.8 Å². The SMILES string of the molecule is Cc1ccc(C(=O)N(CCCN(C)C)[C@H](c2nc3snc(C)c3c(=O)n2Cc2ccccc2)C(C)C)cc1. The van der Waals surface area contributed by atoms with E-state index in [1.165, 1.54) is 11.5 Å². The summed E-state index contributed by atoms with van der Waals surface area (Å²) in [7, 11) is 4.07. The lowest BCUT2D eigenvalue weighted by Gasteiger charge is -2.35. The first kappa shape index (κ1) is 27.7. The Kier molecular flexibility index (Phi) is 8.74. The summed E-state index contributed by atoms with van der Waals surface area (Å²) in [5, 5.41) is 0.557. The second kappa shape index (κ2) is 12.0. The minimum atomic E-state index is -0.394. The zero-order chi connectivity index (χ0) is 27.4. The molecule has 200 valence electrons. The number of amides is 1. The minimum Gasteiger partial charge on any atom is -0.328 e. The van der Waals surface area contributed by atoms with Gasteiger partial charge in [0, 0.05) is 12.1 Å². The van der Waals surface area contributed by atoms with E-state index in [-0.39, 0.29) is 17.4 Å². The molecule has 0 aliphatic carbocycles.